The van der Waals surface area contributed by atoms with Crippen molar-refractivity contribution in [1.29, 1.82) is 0 Å². The summed E-state index contributed by atoms with van der Waals surface area (Å²) in [6, 6.07) is 11.7. The molecule has 0 radical (unpaired) electrons. The summed E-state index contributed by atoms with van der Waals surface area (Å²) in [6.45, 7) is 30.0. The smallest absolute Gasteiger partial charge is 0.0264 e. The van der Waals surface area contributed by atoms with Crippen molar-refractivity contribution in [2.45, 2.75) is 108 Å². The van der Waals surface area contributed by atoms with Crippen molar-refractivity contribution in [2.75, 3.05) is 0 Å². The van der Waals surface area contributed by atoms with Crippen LogP contribution in [0.15, 0.2) is 48.1 Å². The molecule has 6 rings (SSSR count). The third-order valence-electron chi connectivity index (χ3n) is 10.3. The van der Waals surface area contributed by atoms with Gasteiger partial charge in [-0.15, -0.1) is 17.5 Å². The van der Waals surface area contributed by atoms with Gasteiger partial charge in [-0.05, 0) is 59.9 Å². The molecule has 3 aromatic carbocycles. The van der Waals surface area contributed by atoms with Gasteiger partial charge in [0.05, 0.1) is 0 Å². The maximum Gasteiger partial charge on any atom is -0.0264 e. The van der Waals surface area contributed by atoms with Crippen LogP contribution in [0.4, 0.5) is 0 Å². The molecule has 0 bridgehead atoms. The van der Waals surface area contributed by atoms with E-state index < -0.39 is 0 Å². The zero-order valence-corrected chi connectivity index (χ0v) is 33.3. The molecule has 0 spiro atoms. The predicted molar refractivity (Wildman–Crippen MR) is 182 cm³/mol. The summed E-state index contributed by atoms with van der Waals surface area (Å²) >= 11 is 1.55. The fraction of sp³-hybridized carbons (Fsp3) is 0.463. The van der Waals surface area contributed by atoms with Crippen LogP contribution in [0.2, 0.25) is 0 Å². The number of hydrogen-bond acceptors (Lipinski definition) is 0. The summed E-state index contributed by atoms with van der Waals surface area (Å²) in [4.78, 5) is 0. The Hall–Kier alpha value is -1.40. The number of halogens is 2. The Labute approximate surface area is 296 Å². The van der Waals surface area contributed by atoms with Gasteiger partial charge in [0.2, 0.25) is 0 Å². The van der Waals surface area contributed by atoms with E-state index in [1.807, 2.05) is 0 Å². The molecule has 3 aromatic rings. The summed E-state index contributed by atoms with van der Waals surface area (Å²) in [6.07, 6.45) is 8.50. The van der Waals surface area contributed by atoms with Crippen LogP contribution in [0.3, 0.4) is 0 Å². The summed E-state index contributed by atoms with van der Waals surface area (Å²) in [5.74, 6) is 3.94. The SMILES string of the molecule is CC(C)(C)C1=CC[C-]=C1.C[C](C)=[Zr+2].Cc1cc2c(c(C)c1C)C(C)c1c3c(c4ccccc4c1-2)C(C)C(C)C(C)[C-]3C.[Cl-].[Cl-]. The zero-order valence-electron chi connectivity index (χ0n) is 29.3. The van der Waals surface area contributed by atoms with E-state index in [4.69, 9.17) is 0 Å². The van der Waals surface area contributed by atoms with Crippen LogP contribution in [-0.4, -0.2) is 3.21 Å². The average molecular weight is 707 g/mol. The second-order valence-corrected chi connectivity index (χ2v) is 16.8. The first kappa shape index (κ1) is 38.8. The normalized spacial score (nSPS) is 21.0. The fourth-order valence-electron chi connectivity index (χ4n) is 7.36. The molecule has 0 aromatic heterocycles. The molecule has 4 unspecified atom stereocenters. The first-order chi connectivity index (χ1) is 19.6. The topological polar surface area (TPSA) is 0 Å². The summed E-state index contributed by atoms with van der Waals surface area (Å²) in [5.41, 5.74) is 15.5. The molecule has 3 aliphatic rings. The minimum absolute atomic E-state index is 0. The van der Waals surface area contributed by atoms with Gasteiger partial charge in [0.1, 0.15) is 0 Å². The zero-order chi connectivity index (χ0) is 31.3. The van der Waals surface area contributed by atoms with Gasteiger partial charge in [0.25, 0.3) is 0 Å². The van der Waals surface area contributed by atoms with Crippen molar-refractivity contribution < 1.29 is 49.0 Å². The molecule has 3 heteroatoms. The van der Waals surface area contributed by atoms with Crippen molar-refractivity contribution in [3.05, 3.63) is 99.0 Å². The van der Waals surface area contributed by atoms with Crippen LogP contribution in [-0.2, 0) is 24.2 Å². The predicted octanol–water partition coefficient (Wildman–Crippen LogP) is 5.70. The first-order valence-corrected chi connectivity index (χ1v) is 17.1. The standard InChI is InChI=1S/C29H33.C9H13.C3H6.2ClH.Zr/c1-14-13-24-25(18(5)15(14)2)21(8)28-27-20(7)17(4)16(3)19(6)26(27)22-11-9-10-12-23(22)29(24)28;1-9(2,3)8-6-4-5-7-8;1-3-2;;;/h9-13,16-17,19,21H,1-8H3;6-7H,4H2,1-3H3;1-2H3;2*1H;/q2*-1;;;;+2/p-2. The molecule has 3 aliphatic carbocycles. The maximum absolute atomic E-state index is 3.16. The van der Waals surface area contributed by atoms with Crippen LogP contribution in [0.1, 0.15) is 126 Å². The van der Waals surface area contributed by atoms with Crippen LogP contribution in [0.5, 0.6) is 0 Å². The molecule has 0 amide bonds. The minimum Gasteiger partial charge on any atom is -1.00 e. The average Bonchev–Trinajstić information content (AvgIpc) is 3.57. The molecule has 0 nitrogen and oxygen atoms in total. The molecule has 4 atom stereocenters. The van der Waals surface area contributed by atoms with Crippen molar-refractivity contribution in [3.8, 4) is 11.1 Å². The third kappa shape index (κ3) is 7.12. The van der Waals surface area contributed by atoms with E-state index in [2.05, 4.69) is 139 Å². The van der Waals surface area contributed by atoms with Crippen LogP contribution < -0.4 is 24.8 Å². The molecular weight excluding hydrogens is 655 g/mol. The molecular formula is C41H52Cl2Zr-2. The van der Waals surface area contributed by atoms with Gasteiger partial charge in [-0.3, -0.25) is 6.08 Å². The van der Waals surface area contributed by atoms with Crippen LogP contribution >= 0.6 is 0 Å². The second kappa shape index (κ2) is 15.0. The molecule has 44 heavy (non-hydrogen) atoms. The van der Waals surface area contributed by atoms with Crippen LogP contribution in [0.25, 0.3) is 21.9 Å². The summed E-state index contributed by atoms with van der Waals surface area (Å²) < 4.78 is 1.51. The Bertz CT molecular complexity index is 1580. The molecule has 0 aliphatic heterocycles. The third-order valence-corrected chi connectivity index (χ3v) is 10.3. The number of fused-ring (bicyclic) bond motifs is 8. The van der Waals surface area contributed by atoms with E-state index in [9.17, 15) is 0 Å². The summed E-state index contributed by atoms with van der Waals surface area (Å²) in [7, 11) is 0. The number of rotatable bonds is 0. The molecule has 0 saturated carbocycles. The van der Waals surface area contributed by atoms with Gasteiger partial charge in [-0.2, -0.15) is 23.1 Å². The van der Waals surface area contributed by atoms with E-state index in [-0.39, 0.29) is 24.8 Å². The number of benzene rings is 3. The number of hydrogen-bond donors (Lipinski definition) is 0. The minimum atomic E-state index is 0. The van der Waals surface area contributed by atoms with Gasteiger partial charge in [0, 0.05) is 0 Å². The van der Waals surface area contributed by atoms with E-state index in [1.165, 1.54) is 47.4 Å². The van der Waals surface area contributed by atoms with Gasteiger partial charge in [0.15, 0.2) is 0 Å². The largest absolute Gasteiger partial charge is 1.00 e. The van der Waals surface area contributed by atoms with Crippen LogP contribution in [0, 0.1) is 50.0 Å². The second-order valence-electron chi connectivity index (χ2n) is 14.3. The quantitative estimate of drug-likeness (QED) is 0.263. The Morgan fingerprint density at radius 3 is 1.95 bits per heavy atom. The van der Waals surface area contributed by atoms with Gasteiger partial charge >= 0.3 is 41.3 Å². The Morgan fingerprint density at radius 2 is 1.45 bits per heavy atom. The Balaban J connectivity index is 0.000000380. The number of aryl methyl sites for hydroxylation is 1. The van der Waals surface area contributed by atoms with E-state index in [1.54, 1.807) is 52.4 Å². The van der Waals surface area contributed by atoms with Crippen molar-refractivity contribution in [2.24, 2.45) is 17.3 Å². The fourth-order valence-corrected chi connectivity index (χ4v) is 7.36. The molecule has 0 saturated heterocycles. The molecule has 236 valence electrons. The van der Waals surface area contributed by atoms with Crippen molar-refractivity contribution in [3.63, 3.8) is 0 Å². The monoisotopic (exact) mass is 704 g/mol. The van der Waals surface area contributed by atoms with E-state index in [0.29, 0.717) is 29.1 Å². The Kier molecular flexibility index (Phi) is 13.2. The number of allylic oxidation sites excluding steroid dienone is 4. The molecule has 0 N–H and O–H groups in total. The summed E-state index contributed by atoms with van der Waals surface area (Å²) in [5, 5.41) is 2.93. The molecule has 0 fully saturated rings. The van der Waals surface area contributed by atoms with Crippen molar-refractivity contribution in [1.82, 2.24) is 0 Å². The van der Waals surface area contributed by atoms with E-state index >= 15 is 0 Å². The van der Waals surface area contributed by atoms with Gasteiger partial charge in [-0.1, -0.05) is 120 Å². The van der Waals surface area contributed by atoms with Gasteiger partial charge in [-0.25, -0.2) is 6.08 Å². The van der Waals surface area contributed by atoms with E-state index in [0.717, 1.165) is 6.42 Å². The molecule has 0 heterocycles. The first-order valence-electron chi connectivity index (χ1n) is 15.9. The van der Waals surface area contributed by atoms with Crippen molar-refractivity contribution >= 4 is 14.0 Å². The Morgan fingerprint density at radius 1 is 0.886 bits per heavy atom. The maximum atomic E-state index is 3.16. The van der Waals surface area contributed by atoms with Gasteiger partial charge < -0.3 is 24.8 Å².